The Bertz CT molecular complexity index is 357. The monoisotopic (exact) mass is 239 g/mol. The molecule has 0 aliphatic carbocycles. The van der Waals surface area contributed by atoms with Crippen LogP contribution in [0.3, 0.4) is 0 Å². The van der Waals surface area contributed by atoms with Crippen LogP contribution in [-0.2, 0) is 11.3 Å². The zero-order chi connectivity index (χ0) is 12.8. The van der Waals surface area contributed by atoms with Crippen LogP contribution in [0.15, 0.2) is 16.7 Å². The molecule has 1 rings (SSSR count). The van der Waals surface area contributed by atoms with Crippen molar-refractivity contribution in [3.05, 3.63) is 23.7 Å². The molecule has 0 saturated carbocycles. The summed E-state index contributed by atoms with van der Waals surface area (Å²) in [5.41, 5.74) is 0.459. The van der Waals surface area contributed by atoms with Crippen molar-refractivity contribution in [2.24, 2.45) is 11.8 Å². The molecule has 0 aliphatic heterocycles. The van der Waals surface area contributed by atoms with Crippen molar-refractivity contribution in [1.82, 2.24) is 5.32 Å². The highest BCUT2D eigenvalue weighted by atomic mass is 16.5. The topological polar surface area (TPSA) is 51.5 Å². The van der Waals surface area contributed by atoms with E-state index in [0.717, 1.165) is 12.3 Å². The largest absolute Gasteiger partial charge is 0.467 e. The fraction of sp³-hybridized carbons (Fsp3) is 0.615. The lowest BCUT2D eigenvalue weighted by molar-refractivity contribution is 0.0600. The Morgan fingerprint density at radius 2 is 2.18 bits per heavy atom. The van der Waals surface area contributed by atoms with E-state index in [1.165, 1.54) is 13.4 Å². The second kappa shape index (κ2) is 6.45. The zero-order valence-corrected chi connectivity index (χ0v) is 10.9. The van der Waals surface area contributed by atoms with Crippen molar-refractivity contribution in [2.75, 3.05) is 13.7 Å². The highest BCUT2D eigenvalue weighted by Gasteiger charge is 2.10. The maximum atomic E-state index is 11.2. The lowest BCUT2D eigenvalue weighted by Gasteiger charge is -2.15. The number of furan rings is 1. The van der Waals surface area contributed by atoms with Gasteiger partial charge in [-0.05, 0) is 24.4 Å². The van der Waals surface area contributed by atoms with Gasteiger partial charge in [0.25, 0.3) is 0 Å². The highest BCUT2D eigenvalue weighted by Crippen LogP contribution is 2.10. The lowest BCUT2D eigenvalue weighted by atomic mass is 9.98. The van der Waals surface area contributed by atoms with Crippen LogP contribution in [0.5, 0.6) is 0 Å². The van der Waals surface area contributed by atoms with Gasteiger partial charge >= 0.3 is 5.97 Å². The first kappa shape index (κ1) is 13.8. The Morgan fingerprint density at radius 1 is 1.47 bits per heavy atom. The van der Waals surface area contributed by atoms with Crippen LogP contribution in [0.4, 0.5) is 0 Å². The van der Waals surface area contributed by atoms with Crippen LogP contribution in [0.25, 0.3) is 0 Å². The summed E-state index contributed by atoms with van der Waals surface area (Å²) in [6.45, 7) is 8.18. The highest BCUT2D eigenvalue weighted by molar-refractivity contribution is 5.88. The molecule has 0 aromatic carbocycles. The van der Waals surface area contributed by atoms with Gasteiger partial charge in [-0.25, -0.2) is 4.79 Å². The zero-order valence-electron chi connectivity index (χ0n) is 10.9. The van der Waals surface area contributed by atoms with Crippen molar-refractivity contribution in [2.45, 2.75) is 27.3 Å². The Morgan fingerprint density at radius 3 is 2.76 bits per heavy atom. The Kier molecular flexibility index (Phi) is 5.22. The van der Waals surface area contributed by atoms with Gasteiger partial charge in [0, 0.05) is 0 Å². The molecule has 1 unspecified atom stereocenters. The van der Waals surface area contributed by atoms with E-state index in [1.54, 1.807) is 6.07 Å². The van der Waals surface area contributed by atoms with E-state index in [2.05, 4.69) is 30.8 Å². The van der Waals surface area contributed by atoms with Crippen molar-refractivity contribution >= 4 is 5.97 Å². The number of esters is 1. The maximum Gasteiger partial charge on any atom is 0.341 e. The van der Waals surface area contributed by atoms with Gasteiger partial charge in [-0.3, -0.25) is 0 Å². The summed E-state index contributed by atoms with van der Waals surface area (Å²) in [7, 11) is 1.36. The molecule has 1 aromatic rings. The quantitative estimate of drug-likeness (QED) is 0.775. The number of ether oxygens (including phenoxy) is 1. The van der Waals surface area contributed by atoms with Crippen LogP contribution >= 0.6 is 0 Å². The third kappa shape index (κ3) is 4.23. The van der Waals surface area contributed by atoms with Crippen LogP contribution in [0, 0.1) is 11.8 Å². The number of rotatable bonds is 6. The summed E-state index contributed by atoms with van der Waals surface area (Å²) >= 11 is 0. The summed E-state index contributed by atoms with van der Waals surface area (Å²) < 4.78 is 9.87. The fourth-order valence-corrected chi connectivity index (χ4v) is 1.36. The minimum atomic E-state index is -0.365. The molecule has 1 heterocycles. The molecule has 1 atom stereocenters. The van der Waals surface area contributed by atoms with E-state index < -0.39 is 0 Å². The normalized spacial score (nSPS) is 12.8. The molecule has 1 N–H and O–H groups in total. The average Bonchev–Trinajstić information content (AvgIpc) is 2.76. The molecule has 4 heteroatoms. The van der Waals surface area contributed by atoms with Gasteiger partial charge in [-0.1, -0.05) is 20.8 Å². The average molecular weight is 239 g/mol. The van der Waals surface area contributed by atoms with Crippen molar-refractivity contribution in [1.29, 1.82) is 0 Å². The Hall–Kier alpha value is -1.29. The molecule has 0 radical (unpaired) electrons. The first-order chi connectivity index (χ1) is 8.04. The molecule has 0 fully saturated rings. The fourth-order valence-electron chi connectivity index (χ4n) is 1.36. The summed E-state index contributed by atoms with van der Waals surface area (Å²) in [6, 6.07) is 1.71. The van der Waals surface area contributed by atoms with E-state index in [4.69, 9.17) is 4.42 Å². The van der Waals surface area contributed by atoms with Crippen LogP contribution in [0.2, 0.25) is 0 Å². The molecular weight excluding hydrogens is 218 g/mol. The molecule has 0 spiro atoms. The van der Waals surface area contributed by atoms with Crippen molar-refractivity contribution in [3.63, 3.8) is 0 Å². The molecule has 96 valence electrons. The van der Waals surface area contributed by atoms with Gasteiger partial charge in [-0.15, -0.1) is 0 Å². The predicted molar refractivity (Wildman–Crippen MR) is 65.8 cm³/mol. The van der Waals surface area contributed by atoms with Gasteiger partial charge < -0.3 is 14.5 Å². The SMILES string of the molecule is COC(=O)c1coc(CNCC(C)C(C)C)c1. The molecule has 1 aromatic heterocycles. The number of hydrogen-bond donors (Lipinski definition) is 1. The lowest BCUT2D eigenvalue weighted by Crippen LogP contribution is -2.23. The van der Waals surface area contributed by atoms with E-state index in [1.807, 2.05) is 0 Å². The molecule has 0 bridgehead atoms. The molecule has 0 amide bonds. The number of hydrogen-bond acceptors (Lipinski definition) is 4. The van der Waals surface area contributed by atoms with Gasteiger partial charge in [-0.2, -0.15) is 0 Å². The molecule has 0 saturated heterocycles. The maximum absolute atomic E-state index is 11.2. The van der Waals surface area contributed by atoms with E-state index >= 15 is 0 Å². The van der Waals surface area contributed by atoms with Gasteiger partial charge in [0.15, 0.2) is 0 Å². The first-order valence-corrected chi connectivity index (χ1v) is 5.91. The molecular formula is C13H21NO3. The number of methoxy groups -OCH3 is 1. The second-order valence-corrected chi connectivity index (χ2v) is 4.65. The summed E-state index contributed by atoms with van der Waals surface area (Å²) in [5.74, 6) is 1.66. The summed E-state index contributed by atoms with van der Waals surface area (Å²) in [4.78, 5) is 11.2. The molecule has 4 nitrogen and oxygen atoms in total. The Labute approximate surface area is 102 Å². The van der Waals surface area contributed by atoms with Crippen LogP contribution in [-0.4, -0.2) is 19.6 Å². The Balaban J connectivity index is 2.37. The number of nitrogens with one attached hydrogen (secondary N) is 1. The van der Waals surface area contributed by atoms with E-state index in [9.17, 15) is 4.79 Å². The number of carbonyl (C=O) groups excluding carboxylic acids is 1. The van der Waals surface area contributed by atoms with E-state index in [-0.39, 0.29) is 5.97 Å². The van der Waals surface area contributed by atoms with Crippen LogP contribution in [0.1, 0.15) is 36.9 Å². The third-order valence-electron chi connectivity index (χ3n) is 2.98. The number of carbonyl (C=O) groups is 1. The minimum Gasteiger partial charge on any atom is -0.467 e. The third-order valence-corrected chi connectivity index (χ3v) is 2.98. The van der Waals surface area contributed by atoms with Gasteiger partial charge in [0.05, 0.1) is 19.2 Å². The standard InChI is InChI=1S/C13H21NO3/c1-9(2)10(3)6-14-7-12-5-11(8-17-12)13(15)16-4/h5,8-10,14H,6-7H2,1-4H3. The summed E-state index contributed by atoms with van der Waals surface area (Å²) in [5, 5.41) is 3.31. The van der Waals surface area contributed by atoms with Gasteiger partial charge in [0.1, 0.15) is 12.0 Å². The smallest absolute Gasteiger partial charge is 0.341 e. The van der Waals surface area contributed by atoms with Gasteiger partial charge in [0.2, 0.25) is 0 Å². The predicted octanol–water partition coefficient (Wildman–Crippen LogP) is 2.45. The van der Waals surface area contributed by atoms with Crippen LogP contribution < -0.4 is 5.32 Å². The molecule has 17 heavy (non-hydrogen) atoms. The van der Waals surface area contributed by atoms with E-state index in [0.29, 0.717) is 23.9 Å². The minimum absolute atomic E-state index is 0.365. The second-order valence-electron chi connectivity index (χ2n) is 4.65. The van der Waals surface area contributed by atoms with Crippen molar-refractivity contribution in [3.8, 4) is 0 Å². The first-order valence-electron chi connectivity index (χ1n) is 5.91. The molecule has 0 aliphatic rings. The summed E-state index contributed by atoms with van der Waals surface area (Å²) in [6.07, 6.45) is 1.43. The van der Waals surface area contributed by atoms with Crippen molar-refractivity contribution < 1.29 is 13.9 Å².